The molecule has 0 radical (unpaired) electrons. The minimum Gasteiger partial charge on any atom is -0.312 e. The second kappa shape index (κ2) is 18.7. The highest BCUT2D eigenvalue weighted by molar-refractivity contribution is 7.26. The lowest BCUT2D eigenvalue weighted by Gasteiger charge is -2.35. The van der Waals surface area contributed by atoms with Crippen molar-refractivity contribution in [2.75, 3.05) is 9.80 Å². The quantitative estimate of drug-likeness (QED) is 0.150. The molecule has 0 N–H and O–H groups in total. The van der Waals surface area contributed by atoms with Gasteiger partial charge in [0.1, 0.15) is 0 Å². The number of aryl methyl sites for hydroxylation is 1. The summed E-state index contributed by atoms with van der Waals surface area (Å²) in [6, 6.07) is 54.5. The monoisotopic (exact) mass is 982 g/mol. The molecule has 0 atom stereocenters. The van der Waals surface area contributed by atoms with E-state index in [9.17, 15) is 0 Å². The van der Waals surface area contributed by atoms with E-state index >= 15 is 0 Å². The first-order valence-electron chi connectivity index (χ1n) is 27.1. The van der Waals surface area contributed by atoms with Gasteiger partial charge in [0, 0.05) is 54.0 Å². The molecule has 3 nitrogen and oxygen atoms in total. The molecular formula is C69H79N3S. The number of thiophene rings is 1. The maximum absolute atomic E-state index is 2.68. The summed E-state index contributed by atoms with van der Waals surface area (Å²) < 4.78 is 5.19. The van der Waals surface area contributed by atoms with Crippen molar-refractivity contribution in [1.29, 1.82) is 0 Å². The average Bonchev–Trinajstić information content (AvgIpc) is 3.87. The van der Waals surface area contributed by atoms with Gasteiger partial charge in [0.25, 0.3) is 0 Å². The molecule has 1 saturated carbocycles. The number of nitrogens with zero attached hydrogens (tertiary/aromatic N) is 3. The number of hydrogen-bond acceptors (Lipinski definition) is 3. The van der Waals surface area contributed by atoms with Crippen molar-refractivity contribution in [1.82, 2.24) is 4.57 Å². The van der Waals surface area contributed by atoms with Crippen molar-refractivity contribution in [3.63, 3.8) is 0 Å². The Hall–Kier alpha value is -6.10. The number of aromatic nitrogens is 1. The number of fused-ring (bicyclic) bond motifs is 5. The summed E-state index contributed by atoms with van der Waals surface area (Å²) in [6.45, 7) is 34.9. The van der Waals surface area contributed by atoms with E-state index in [0.29, 0.717) is 5.92 Å². The maximum atomic E-state index is 2.68. The van der Waals surface area contributed by atoms with E-state index < -0.39 is 0 Å². The van der Waals surface area contributed by atoms with Gasteiger partial charge >= 0.3 is 0 Å². The second-order valence-electron chi connectivity index (χ2n) is 25.5. The van der Waals surface area contributed by atoms with E-state index in [1.165, 1.54) is 142 Å². The largest absolute Gasteiger partial charge is 0.312 e. The molecule has 1 fully saturated rings. The molecule has 9 aromatic rings. The van der Waals surface area contributed by atoms with Crippen molar-refractivity contribution in [3.8, 4) is 5.69 Å². The van der Waals surface area contributed by atoms with Crippen LogP contribution in [0.1, 0.15) is 166 Å². The zero-order valence-corrected chi connectivity index (χ0v) is 47.5. The van der Waals surface area contributed by atoms with E-state index in [0.717, 1.165) is 5.69 Å². The van der Waals surface area contributed by atoms with Crippen molar-refractivity contribution < 1.29 is 0 Å². The smallest absolute Gasteiger partial charge is 0.0765 e. The molecule has 0 unspecified atom stereocenters. The fraction of sp³-hybridized carbons (Fsp3) is 0.362. The normalized spacial score (nSPS) is 14.2. The van der Waals surface area contributed by atoms with Gasteiger partial charge in [-0.3, -0.25) is 0 Å². The van der Waals surface area contributed by atoms with Crippen LogP contribution in [0.2, 0.25) is 0 Å². The second-order valence-corrected chi connectivity index (χ2v) is 26.6. The minimum atomic E-state index is 0.00514. The van der Waals surface area contributed by atoms with Gasteiger partial charge in [-0.05, 0) is 167 Å². The first-order valence-corrected chi connectivity index (χ1v) is 27.9. The van der Waals surface area contributed by atoms with Crippen molar-refractivity contribution in [3.05, 3.63) is 184 Å². The summed E-state index contributed by atoms with van der Waals surface area (Å²) in [5, 5.41) is 3.92. The average molecular weight is 982 g/mol. The van der Waals surface area contributed by atoms with Crippen LogP contribution in [0.5, 0.6) is 0 Å². The molecule has 2 aromatic heterocycles. The predicted molar refractivity (Wildman–Crippen MR) is 320 cm³/mol. The SMILES string of the molecule is Cc1cc(C(C)(C)C)ccc1N(c1ccc(C(C)(C)C)cc1)c1cc(C2CCCCC2)cc(N(c2ccc(C(C)(C)C)cc2)c2c(C)n(-c3ccc(C(C)(C)C)cc3)c3ccc4c5ccccc5sc4c23)c1C. The van der Waals surface area contributed by atoms with Crippen molar-refractivity contribution in [2.24, 2.45) is 0 Å². The molecule has 376 valence electrons. The van der Waals surface area contributed by atoms with E-state index in [1.54, 1.807) is 0 Å². The van der Waals surface area contributed by atoms with Crippen LogP contribution in [0.3, 0.4) is 0 Å². The topological polar surface area (TPSA) is 11.4 Å². The van der Waals surface area contributed by atoms with Crippen LogP contribution in [0, 0.1) is 20.8 Å². The standard InChI is InChI=1S/C69H79N3S/c1-44-41-52(69(13,14)15)31-39-58(44)71(54-34-27-50(28-35-54)67(7,8)9)60-42-48(47-21-17-16-18-22-47)43-61(45(60)2)72(55-36-29-51(30-37-55)68(10,11)12)64-46(3)70(53-32-25-49(26-33-53)66(4,5)6)59-40-38-57-56-23-19-20-24-62(56)73-65(57)63(59)64/h19-20,23-43,47H,16-18,21-22H2,1-15H3. The Morgan fingerprint density at radius 3 is 1.53 bits per heavy atom. The van der Waals surface area contributed by atoms with Gasteiger partial charge in [0.05, 0.1) is 22.6 Å². The zero-order valence-electron chi connectivity index (χ0n) is 46.6. The highest BCUT2D eigenvalue weighted by Gasteiger charge is 2.32. The van der Waals surface area contributed by atoms with Crippen LogP contribution < -0.4 is 9.80 Å². The first kappa shape index (κ1) is 50.4. The lowest BCUT2D eigenvalue weighted by Crippen LogP contribution is -2.19. The van der Waals surface area contributed by atoms with E-state index in [2.05, 4.69) is 258 Å². The molecular weight excluding hydrogens is 903 g/mol. The number of anilines is 6. The third kappa shape index (κ3) is 9.43. The Bertz CT molecular complexity index is 3470. The maximum Gasteiger partial charge on any atom is 0.0765 e. The Labute approximate surface area is 441 Å². The summed E-state index contributed by atoms with van der Waals surface area (Å²) in [5.41, 5.74) is 20.3. The third-order valence-electron chi connectivity index (χ3n) is 16.1. The zero-order chi connectivity index (χ0) is 51.9. The molecule has 0 amide bonds. The molecule has 0 spiro atoms. The fourth-order valence-corrected chi connectivity index (χ4v) is 12.9. The molecule has 0 aliphatic heterocycles. The molecule has 73 heavy (non-hydrogen) atoms. The molecule has 1 aliphatic carbocycles. The van der Waals surface area contributed by atoms with Crippen LogP contribution in [0.25, 0.3) is 36.8 Å². The van der Waals surface area contributed by atoms with E-state index in [4.69, 9.17) is 0 Å². The summed E-state index contributed by atoms with van der Waals surface area (Å²) in [6.07, 6.45) is 6.23. The number of benzene rings is 7. The van der Waals surface area contributed by atoms with Crippen molar-refractivity contribution >= 4 is 76.5 Å². The molecule has 4 heteroatoms. The lowest BCUT2D eigenvalue weighted by molar-refractivity contribution is 0.443. The summed E-state index contributed by atoms with van der Waals surface area (Å²) >= 11 is 1.93. The molecule has 1 aliphatic rings. The van der Waals surface area contributed by atoms with Crippen LogP contribution in [-0.2, 0) is 21.7 Å². The van der Waals surface area contributed by atoms with Crippen LogP contribution in [0.15, 0.2) is 140 Å². The molecule has 7 aromatic carbocycles. The summed E-state index contributed by atoms with van der Waals surface area (Å²) in [7, 11) is 0. The Balaban J connectivity index is 1.33. The Morgan fingerprint density at radius 1 is 0.479 bits per heavy atom. The highest BCUT2D eigenvalue weighted by atomic mass is 32.1. The number of hydrogen-bond donors (Lipinski definition) is 0. The van der Waals surface area contributed by atoms with Gasteiger partial charge in [-0.2, -0.15) is 0 Å². The van der Waals surface area contributed by atoms with E-state index in [-0.39, 0.29) is 21.7 Å². The molecule has 10 rings (SSSR count). The molecule has 0 bridgehead atoms. The summed E-state index contributed by atoms with van der Waals surface area (Å²) in [4.78, 5) is 5.27. The highest BCUT2D eigenvalue weighted by Crippen LogP contribution is 2.53. The van der Waals surface area contributed by atoms with Gasteiger partial charge in [0.2, 0.25) is 0 Å². The van der Waals surface area contributed by atoms with Crippen LogP contribution in [0.4, 0.5) is 34.1 Å². The van der Waals surface area contributed by atoms with Crippen LogP contribution in [-0.4, -0.2) is 4.57 Å². The first-order chi connectivity index (χ1) is 34.5. The lowest BCUT2D eigenvalue weighted by atomic mass is 9.82. The van der Waals surface area contributed by atoms with Crippen molar-refractivity contribution in [2.45, 2.75) is 164 Å². The Kier molecular flexibility index (Phi) is 12.9. The molecule has 2 heterocycles. The predicted octanol–water partition coefficient (Wildman–Crippen LogP) is 21.1. The Morgan fingerprint density at radius 2 is 0.986 bits per heavy atom. The van der Waals surface area contributed by atoms with Gasteiger partial charge in [-0.15, -0.1) is 11.3 Å². The van der Waals surface area contributed by atoms with Gasteiger partial charge < -0.3 is 14.4 Å². The molecule has 0 saturated heterocycles. The van der Waals surface area contributed by atoms with Gasteiger partial charge in [-0.25, -0.2) is 0 Å². The third-order valence-corrected chi connectivity index (χ3v) is 17.3. The fourth-order valence-electron chi connectivity index (χ4n) is 11.6. The summed E-state index contributed by atoms with van der Waals surface area (Å²) in [5.74, 6) is 0.463. The minimum absolute atomic E-state index is 0.00514. The van der Waals surface area contributed by atoms with E-state index in [1.807, 2.05) is 11.3 Å². The van der Waals surface area contributed by atoms with Gasteiger partial charge in [-0.1, -0.05) is 175 Å². The number of rotatable bonds is 8. The van der Waals surface area contributed by atoms with Gasteiger partial charge in [0.15, 0.2) is 0 Å². The van der Waals surface area contributed by atoms with Crippen LogP contribution >= 0.6 is 11.3 Å².